The molecule has 7 heteroatoms. The third-order valence-electron chi connectivity index (χ3n) is 5.15. The molecule has 1 aliphatic rings. The Morgan fingerprint density at radius 3 is 2.58 bits per heavy atom. The average molecular weight is 485 g/mol. The van der Waals surface area contributed by atoms with Crippen LogP contribution in [-0.4, -0.2) is 42.3 Å². The van der Waals surface area contributed by atoms with Gasteiger partial charge >= 0.3 is 5.97 Å². The van der Waals surface area contributed by atoms with E-state index < -0.39 is 5.97 Å². The minimum atomic E-state index is -0.426. The molecule has 0 radical (unpaired) electrons. The highest BCUT2D eigenvalue weighted by molar-refractivity contribution is 9.10. The van der Waals surface area contributed by atoms with Gasteiger partial charge in [-0.15, -0.1) is 0 Å². The number of carbonyl (C=O) groups is 3. The number of amides is 2. The number of nitrogens with one attached hydrogen (secondary N) is 1. The molecule has 0 spiro atoms. The van der Waals surface area contributed by atoms with Gasteiger partial charge in [-0.3, -0.25) is 14.4 Å². The molecule has 1 fully saturated rings. The first-order chi connectivity index (χ1) is 14.9. The van der Waals surface area contributed by atoms with Crippen molar-refractivity contribution in [2.24, 2.45) is 5.92 Å². The second-order valence-corrected chi connectivity index (χ2v) is 8.31. The fourth-order valence-electron chi connectivity index (χ4n) is 3.44. The van der Waals surface area contributed by atoms with Crippen LogP contribution in [0.1, 0.15) is 35.7 Å². The van der Waals surface area contributed by atoms with Crippen LogP contribution in [0.3, 0.4) is 0 Å². The maximum Gasteiger partial charge on any atom is 0.308 e. The van der Waals surface area contributed by atoms with Crippen LogP contribution in [0, 0.1) is 5.92 Å². The lowest BCUT2D eigenvalue weighted by Crippen LogP contribution is -2.41. The molecule has 1 aliphatic heterocycles. The van der Waals surface area contributed by atoms with Gasteiger partial charge < -0.3 is 15.0 Å². The summed E-state index contributed by atoms with van der Waals surface area (Å²) in [6, 6.07) is 14.3. The number of halogens is 1. The quantitative estimate of drug-likeness (QED) is 0.381. The molecule has 2 amide bonds. The Kier molecular flexibility index (Phi) is 8.00. The van der Waals surface area contributed by atoms with Crippen molar-refractivity contribution in [2.75, 3.05) is 19.6 Å². The van der Waals surface area contributed by atoms with E-state index in [1.165, 1.54) is 6.92 Å². The van der Waals surface area contributed by atoms with Gasteiger partial charge in [0.25, 0.3) is 5.91 Å². The monoisotopic (exact) mass is 484 g/mol. The molecule has 0 atom stereocenters. The van der Waals surface area contributed by atoms with Crippen LogP contribution in [0.5, 0.6) is 5.75 Å². The topological polar surface area (TPSA) is 75.7 Å². The molecule has 0 saturated carbocycles. The second kappa shape index (κ2) is 10.9. The van der Waals surface area contributed by atoms with Gasteiger partial charge in [-0.2, -0.15) is 0 Å². The van der Waals surface area contributed by atoms with Crippen molar-refractivity contribution in [1.82, 2.24) is 10.2 Å². The molecule has 162 valence electrons. The summed E-state index contributed by atoms with van der Waals surface area (Å²) >= 11 is 3.48. The van der Waals surface area contributed by atoms with Crippen LogP contribution >= 0.6 is 15.9 Å². The van der Waals surface area contributed by atoms with Crippen LogP contribution in [0.4, 0.5) is 0 Å². The van der Waals surface area contributed by atoms with Gasteiger partial charge in [0.15, 0.2) is 0 Å². The summed E-state index contributed by atoms with van der Waals surface area (Å²) in [5.41, 5.74) is 1.41. The Morgan fingerprint density at radius 1 is 1.13 bits per heavy atom. The third-order valence-corrected chi connectivity index (χ3v) is 5.87. The van der Waals surface area contributed by atoms with Crippen molar-refractivity contribution in [3.63, 3.8) is 0 Å². The molecular formula is C24H25BrN2O4. The van der Waals surface area contributed by atoms with E-state index in [9.17, 15) is 14.4 Å². The first kappa shape index (κ1) is 22.7. The summed E-state index contributed by atoms with van der Waals surface area (Å²) in [6.07, 6.45) is 5.10. The summed E-state index contributed by atoms with van der Waals surface area (Å²) < 4.78 is 5.97. The lowest BCUT2D eigenvalue weighted by Gasteiger charge is -2.31. The summed E-state index contributed by atoms with van der Waals surface area (Å²) in [4.78, 5) is 37.8. The maximum absolute atomic E-state index is 12.5. The molecule has 6 nitrogen and oxygen atoms in total. The van der Waals surface area contributed by atoms with E-state index in [4.69, 9.17) is 4.74 Å². The van der Waals surface area contributed by atoms with Crippen molar-refractivity contribution in [3.05, 3.63) is 70.2 Å². The van der Waals surface area contributed by atoms with Crippen LogP contribution in [0.2, 0.25) is 0 Å². The van der Waals surface area contributed by atoms with Crippen molar-refractivity contribution in [1.29, 1.82) is 0 Å². The zero-order valence-corrected chi connectivity index (χ0v) is 18.9. The highest BCUT2D eigenvalue weighted by Gasteiger charge is 2.22. The van der Waals surface area contributed by atoms with Gasteiger partial charge in [0.2, 0.25) is 5.91 Å². The number of hydrogen-bond acceptors (Lipinski definition) is 4. The van der Waals surface area contributed by atoms with E-state index >= 15 is 0 Å². The standard InChI is InChI=1S/C24H25BrN2O4/c1-17(28)31-21-7-4-6-20(15-21)24(30)26-16-18-11-13-27(14-12-18)23(29)10-9-19-5-2-3-8-22(19)25/h2-10,15,18H,11-14,16H2,1H3,(H,26,30)/b10-9+. The first-order valence-corrected chi connectivity index (χ1v) is 11.0. The van der Waals surface area contributed by atoms with Crippen LogP contribution in [-0.2, 0) is 9.59 Å². The molecule has 1 N–H and O–H groups in total. The van der Waals surface area contributed by atoms with E-state index in [1.54, 1.807) is 30.3 Å². The number of hydrogen-bond donors (Lipinski definition) is 1. The van der Waals surface area contributed by atoms with Gasteiger partial charge in [-0.1, -0.05) is 40.2 Å². The minimum Gasteiger partial charge on any atom is -0.427 e. The average Bonchev–Trinajstić information content (AvgIpc) is 2.77. The number of carbonyl (C=O) groups excluding carboxylic acids is 3. The van der Waals surface area contributed by atoms with Crippen LogP contribution < -0.4 is 10.1 Å². The number of rotatable bonds is 6. The number of likely N-dealkylation sites (tertiary alicyclic amines) is 1. The van der Waals surface area contributed by atoms with Gasteiger partial charge in [0.1, 0.15) is 5.75 Å². The largest absolute Gasteiger partial charge is 0.427 e. The molecule has 0 aromatic heterocycles. The molecule has 0 bridgehead atoms. The first-order valence-electron chi connectivity index (χ1n) is 10.2. The van der Waals surface area contributed by atoms with Crippen molar-refractivity contribution in [2.45, 2.75) is 19.8 Å². The minimum absolute atomic E-state index is 0.000486. The summed E-state index contributed by atoms with van der Waals surface area (Å²) in [6.45, 7) is 3.20. The Bertz CT molecular complexity index is 981. The number of benzene rings is 2. The normalized spacial score (nSPS) is 14.5. The van der Waals surface area contributed by atoms with Crippen molar-refractivity contribution >= 4 is 39.8 Å². The summed E-state index contributed by atoms with van der Waals surface area (Å²) in [5, 5.41) is 2.94. The molecule has 2 aromatic carbocycles. The number of ether oxygens (including phenoxy) is 1. The predicted octanol–water partition coefficient (Wildman–Crippen LogP) is 4.06. The zero-order chi connectivity index (χ0) is 22.2. The van der Waals surface area contributed by atoms with E-state index in [0.717, 1.165) is 22.9 Å². The van der Waals surface area contributed by atoms with Gasteiger partial charge in [0.05, 0.1) is 0 Å². The molecule has 2 aromatic rings. The molecule has 0 aliphatic carbocycles. The fraction of sp³-hybridized carbons (Fsp3) is 0.292. The van der Waals surface area contributed by atoms with Gasteiger partial charge in [0, 0.05) is 42.7 Å². The van der Waals surface area contributed by atoms with Crippen molar-refractivity contribution < 1.29 is 19.1 Å². The molecular weight excluding hydrogens is 460 g/mol. The lowest BCUT2D eigenvalue weighted by molar-refractivity contribution is -0.132. The van der Waals surface area contributed by atoms with E-state index in [1.807, 2.05) is 35.2 Å². The van der Waals surface area contributed by atoms with E-state index in [-0.39, 0.29) is 11.8 Å². The maximum atomic E-state index is 12.5. The predicted molar refractivity (Wildman–Crippen MR) is 123 cm³/mol. The highest BCUT2D eigenvalue weighted by atomic mass is 79.9. The third kappa shape index (κ3) is 6.79. The summed E-state index contributed by atoms with van der Waals surface area (Å²) in [5.74, 6) is 0.0361. The molecule has 1 saturated heterocycles. The van der Waals surface area contributed by atoms with Gasteiger partial charge in [-0.05, 0) is 54.7 Å². The van der Waals surface area contributed by atoms with E-state index in [0.29, 0.717) is 36.9 Å². The Morgan fingerprint density at radius 2 is 1.87 bits per heavy atom. The van der Waals surface area contributed by atoms with Gasteiger partial charge in [-0.25, -0.2) is 0 Å². The Labute approximate surface area is 190 Å². The number of nitrogens with zero attached hydrogens (tertiary/aromatic N) is 1. The zero-order valence-electron chi connectivity index (χ0n) is 17.3. The van der Waals surface area contributed by atoms with Crippen LogP contribution in [0.15, 0.2) is 59.1 Å². The molecule has 31 heavy (non-hydrogen) atoms. The smallest absolute Gasteiger partial charge is 0.308 e. The highest BCUT2D eigenvalue weighted by Crippen LogP contribution is 2.20. The second-order valence-electron chi connectivity index (χ2n) is 7.46. The SMILES string of the molecule is CC(=O)Oc1cccc(C(=O)NCC2CCN(C(=O)/C=C/c3ccccc3Br)CC2)c1. The van der Waals surface area contributed by atoms with E-state index in [2.05, 4.69) is 21.2 Å². The fourth-order valence-corrected chi connectivity index (χ4v) is 3.86. The molecule has 1 heterocycles. The van der Waals surface area contributed by atoms with Crippen LogP contribution in [0.25, 0.3) is 6.08 Å². The number of piperidine rings is 1. The molecule has 0 unspecified atom stereocenters. The lowest BCUT2D eigenvalue weighted by atomic mass is 9.96. The number of esters is 1. The van der Waals surface area contributed by atoms with Crippen molar-refractivity contribution in [3.8, 4) is 5.75 Å². The summed E-state index contributed by atoms with van der Waals surface area (Å²) in [7, 11) is 0. The Hall–Kier alpha value is -2.93. The molecule has 3 rings (SSSR count). The Balaban J connectivity index is 1.45.